The number of aromatic nitrogens is 2. The molecule has 0 radical (unpaired) electrons. The van der Waals surface area contributed by atoms with E-state index in [1.54, 1.807) is 0 Å². The van der Waals surface area contributed by atoms with Gasteiger partial charge in [0, 0.05) is 31.4 Å². The Bertz CT molecular complexity index is 1270. The average Bonchev–Trinajstić information content (AvgIpc) is 3.26. The fourth-order valence-electron chi connectivity index (χ4n) is 3.61. The fraction of sp³-hybridized carbons (Fsp3) is 0.238. The summed E-state index contributed by atoms with van der Waals surface area (Å²) in [5, 5.41) is 6.19. The highest BCUT2D eigenvalue weighted by Crippen LogP contribution is 2.36. The Kier molecular flexibility index (Phi) is 8.13. The van der Waals surface area contributed by atoms with Crippen LogP contribution in [0.15, 0.2) is 53.8 Å². The van der Waals surface area contributed by atoms with Gasteiger partial charge >= 0.3 is 0 Å². The highest BCUT2D eigenvalue weighted by molar-refractivity contribution is 7.92. The smallest absolute Gasteiger partial charge is 0.266 e. The first-order chi connectivity index (χ1) is 15.8. The van der Waals surface area contributed by atoms with Crippen LogP contribution in [-0.4, -0.2) is 44.6 Å². The summed E-state index contributed by atoms with van der Waals surface area (Å²) in [6.45, 7) is 1.40. The molecule has 182 valence electrons. The van der Waals surface area contributed by atoms with Crippen LogP contribution in [0.4, 0.5) is 31.7 Å². The minimum absolute atomic E-state index is 0. The van der Waals surface area contributed by atoms with Crippen molar-refractivity contribution >= 4 is 56.9 Å². The maximum atomic E-state index is 14.9. The van der Waals surface area contributed by atoms with Crippen LogP contribution in [0.25, 0.3) is 0 Å². The van der Waals surface area contributed by atoms with Gasteiger partial charge in [-0.05, 0) is 43.8 Å². The Labute approximate surface area is 207 Å². The van der Waals surface area contributed by atoms with Gasteiger partial charge in [-0.15, -0.1) is 12.4 Å². The van der Waals surface area contributed by atoms with Crippen LogP contribution < -0.4 is 20.3 Å². The molecule has 1 fully saturated rings. The lowest BCUT2D eigenvalue weighted by molar-refractivity contribution is 0.570. The quantitative estimate of drug-likeness (QED) is 0.421. The second kappa shape index (κ2) is 10.7. The number of nitrogens with one attached hydrogen (secondary N) is 3. The Morgan fingerprint density at radius 3 is 2.62 bits per heavy atom. The molecule has 3 N–H and O–H groups in total. The fourth-order valence-corrected chi connectivity index (χ4v) is 4.98. The van der Waals surface area contributed by atoms with Gasteiger partial charge < -0.3 is 15.5 Å². The number of hydrogen-bond donors (Lipinski definition) is 3. The van der Waals surface area contributed by atoms with Crippen molar-refractivity contribution in [1.82, 2.24) is 15.3 Å². The molecule has 1 atom stereocenters. The summed E-state index contributed by atoms with van der Waals surface area (Å²) < 4.78 is 56.3. The zero-order chi connectivity index (χ0) is 23.6. The van der Waals surface area contributed by atoms with Gasteiger partial charge in [0.05, 0.1) is 22.1 Å². The molecule has 4 rings (SSSR count). The molecule has 34 heavy (non-hydrogen) atoms. The first kappa shape index (κ1) is 25.9. The summed E-state index contributed by atoms with van der Waals surface area (Å²) in [5.74, 6) is -1.43. The monoisotopic (exact) mass is 530 g/mol. The van der Waals surface area contributed by atoms with E-state index in [1.807, 2.05) is 11.9 Å². The Morgan fingerprint density at radius 2 is 1.94 bits per heavy atom. The van der Waals surface area contributed by atoms with Gasteiger partial charge in [-0.1, -0.05) is 11.6 Å². The van der Waals surface area contributed by atoms with Gasteiger partial charge in [-0.3, -0.25) is 4.72 Å². The second-order valence-electron chi connectivity index (χ2n) is 7.47. The molecule has 13 heteroatoms. The van der Waals surface area contributed by atoms with Gasteiger partial charge in [0.25, 0.3) is 10.0 Å². The van der Waals surface area contributed by atoms with E-state index < -0.39 is 26.6 Å². The zero-order valence-electron chi connectivity index (χ0n) is 17.9. The molecular formula is C21H22Cl2F2N6O2S. The highest BCUT2D eigenvalue weighted by atomic mass is 35.5. The molecule has 1 unspecified atom stereocenters. The largest absolute Gasteiger partial charge is 0.368 e. The van der Waals surface area contributed by atoms with E-state index in [0.29, 0.717) is 17.9 Å². The number of nitrogens with zero attached hydrogens (tertiary/aromatic N) is 3. The van der Waals surface area contributed by atoms with E-state index >= 15 is 0 Å². The molecule has 8 nitrogen and oxygen atoms in total. The third-order valence-electron chi connectivity index (χ3n) is 5.30. The van der Waals surface area contributed by atoms with E-state index in [-0.39, 0.29) is 35.0 Å². The second-order valence-corrected chi connectivity index (χ2v) is 9.53. The van der Waals surface area contributed by atoms with E-state index in [2.05, 4.69) is 25.3 Å². The molecule has 1 aliphatic rings. The van der Waals surface area contributed by atoms with Crippen molar-refractivity contribution in [3.05, 3.63) is 65.6 Å². The van der Waals surface area contributed by atoms with Gasteiger partial charge in [0.15, 0.2) is 0 Å². The lowest BCUT2D eigenvalue weighted by Crippen LogP contribution is -2.29. The lowest BCUT2D eigenvalue weighted by Gasteiger charge is -2.23. The van der Waals surface area contributed by atoms with Gasteiger partial charge in [-0.2, -0.15) is 0 Å². The summed E-state index contributed by atoms with van der Waals surface area (Å²) in [6.07, 6.45) is 3.40. The summed E-state index contributed by atoms with van der Waals surface area (Å²) in [7, 11) is -2.41. The first-order valence-corrected chi connectivity index (χ1v) is 11.9. The maximum absolute atomic E-state index is 14.9. The van der Waals surface area contributed by atoms with Crippen molar-refractivity contribution in [2.24, 2.45) is 0 Å². The summed E-state index contributed by atoms with van der Waals surface area (Å²) in [4.78, 5) is 8.86. The molecule has 1 saturated heterocycles. The molecule has 0 aliphatic carbocycles. The van der Waals surface area contributed by atoms with Crippen LogP contribution in [-0.2, 0) is 10.0 Å². The van der Waals surface area contributed by atoms with Crippen molar-refractivity contribution in [2.45, 2.75) is 17.4 Å². The number of anilines is 4. The Hall–Kier alpha value is -2.73. The normalized spacial score (nSPS) is 15.6. The summed E-state index contributed by atoms with van der Waals surface area (Å²) in [6, 6.07) is 7.83. The molecule has 1 aromatic heterocycles. The minimum Gasteiger partial charge on any atom is -0.368 e. The van der Waals surface area contributed by atoms with Gasteiger partial charge in [0.2, 0.25) is 0 Å². The first-order valence-electron chi connectivity index (χ1n) is 10.0. The third-order valence-corrected chi connectivity index (χ3v) is 6.98. The van der Waals surface area contributed by atoms with E-state index in [4.69, 9.17) is 11.6 Å². The average molecular weight is 531 g/mol. The number of sulfonamides is 1. The lowest BCUT2D eigenvalue weighted by atomic mass is 10.2. The van der Waals surface area contributed by atoms with Crippen LogP contribution in [0.2, 0.25) is 5.02 Å². The van der Waals surface area contributed by atoms with Crippen LogP contribution >= 0.6 is 24.0 Å². The van der Waals surface area contributed by atoms with Crippen LogP contribution in [0.3, 0.4) is 0 Å². The number of hydrogen-bond acceptors (Lipinski definition) is 7. The zero-order valence-corrected chi connectivity index (χ0v) is 20.3. The standard InChI is InChI=1S/C21H21ClF2N6O2S.ClH/c1-25-14-5-7-30(11-14)19-8-13(23)2-3-17(19)28-18-10-16(24)20(9-15(18)22)33(31,32)29-21-4-6-26-12-27-21;/h2-4,6,8-10,12,14,25,28H,5,7,11H2,1H3,(H,26,27,29);1H. The predicted octanol–water partition coefficient (Wildman–Crippen LogP) is 4.17. The number of benzene rings is 2. The maximum Gasteiger partial charge on any atom is 0.266 e. The van der Waals surface area contributed by atoms with Crippen molar-refractivity contribution < 1.29 is 17.2 Å². The van der Waals surface area contributed by atoms with Crippen LogP contribution in [0, 0.1) is 11.6 Å². The van der Waals surface area contributed by atoms with Crippen molar-refractivity contribution in [3.63, 3.8) is 0 Å². The molecular weight excluding hydrogens is 509 g/mol. The predicted molar refractivity (Wildman–Crippen MR) is 131 cm³/mol. The molecule has 3 aromatic rings. The van der Waals surface area contributed by atoms with Crippen molar-refractivity contribution in [1.29, 1.82) is 0 Å². The van der Waals surface area contributed by atoms with Crippen LogP contribution in [0.5, 0.6) is 0 Å². The highest BCUT2D eigenvalue weighted by Gasteiger charge is 2.25. The number of rotatable bonds is 7. The molecule has 0 amide bonds. The molecule has 0 spiro atoms. The Balaban J connectivity index is 0.00000324. The topological polar surface area (TPSA) is 99.2 Å². The molecule has 2 heterocycles. The number of halogens is 4. The molecule has 1 aliphatic heterocycles. The molecule has 2 aromatic carbocycles. The summed E-state index contributed by atoms with van der Waals surface area (Å²) >= 11 is 6.30. The van der Waals surface area contributed by atoms with Gasteiger partial charge in [-0.25, -0.2) is 27.2 Å². The van der Waals surface area contributed by atoms with E-state index in [0.717, 1.165) is 31.4 Å². The van der Waals surface area contributed by atoms with Crippen LogP contribution in [0.1, 0.15) is 6.42 Å². The summed E-state index contributed by atoms with van der Waals surface area (Å²) in [5.41, 5.74) is 1.27. The van der Waals surface area contributed by atoms with Crippen molar-refractivity contribution in [2.75, 3.05) is 35.1 Å². The SMILES string of the molecule is CNC1CCN(c2cc(F)ccc2Nc2cc(F)c(S(=O)(=O)Nc3ccncn3)cc2Cl)C1.Cl. The Morgan fingerprint density at radius 1 is 1.15 bits per heavy atom. The van der Waals surface area contributed by atoms with Crippen molar-refractivity contribution in [3.8, 4) is 0 Å². The van der Waals surface area contributed by atoms with E-state index in [9.17, 15) is 17.2 Å². The molecule has 0 bridgehead atoms. The molecule has 0 saturated carbocycles. The number of likely N-dealkylation sites (N-methyl/N-ethyl adjacent to an activating group) is 1. The minimum atomic E-state index is -4.28. The van der Waals surface area contributed by atoms with E-state index in [1.165, 1.54) is 30.5 Å². The van der Waals surface area contributed by atoms with Gasteiger partial charge in [0.1, 0.15) is 28.7 Å². The third kappa shape index (κ3) is 5.66.